The number of likely N-dealkylation sites (tertiary alicyclic amines) is 1. The van der Waals surface area contributed by atoms with E-state index in [-0.39, 0.29) is 0 Å². The van der Waals surface area contributed by atoms with Crippen LogP contribution in [0, 0.1) is 0 Å². The van der Waals surface area contributed by atoms with E-state index in [4.69, 9.17) is 0 Å². The number of nitrogens with one attached hydrogen (secondary N) is 1. The molecule has 0 bridgehead atoms. The Morgan fingerprint density at radius 1 is 1.33 bits per heavy atom. The molecule has 15 heavy (non-hydrogen) atoms. The summed E-state index contributed by atoms with van der Waals surface area (Å²) in [6.07, 6.45) is 1.30. The normalized spacial score (nSPS) is 27.8. The van der Waals surface area contributed by atoms with Crippen LogP contribution in [0.15, 0.2) is 0 Å². The van der Waals surface area contributed by atoms with Crippen molar-refractivity contribution in [3.05, 3.63) is 0 Å². The molecule has 0 aromatic carbocycles. The third-order valence-electron chi connectivity index (χ3n) is 3.64. The zero-order valence-corrected chi connectivity index (χ0v) is 10.8. The van der Waals surface area contributed by atoms with Crippen LogP contribution in [0.5, 0.6) is 0 Å². The lowest BCUT2D eigenvalue weighted by atomic mass is 10.2. The van der Waals surface area contributed by atoms with Crippen molar-refractivity contribution in [3.63, 3.8) is 0 Å². The van der Waals surface area contributed by atoms with Crippen LogP contribution in [0.4, 0.5) is 0 Å². The van der Waals surface area contributed by atoms with Crippen LogP contribution >= 0.6 is 0 Å². The highest BCUT2D eigenvalue weighted by Crippen LogP contribution is 2.14. The van der Waals surface area contributed by atoms with Gasteiger partial charge in [-0.15, -0.1) is 0 Å². The number of hydrogen-bond acceptors (Lipinski definition) is 3. The maximum Gasteiger partial charge on any atom is 0.0210 e. The maximum absolute atomic E-state index is 3.66. The molecule has 3 heteroatoms. The van der Waals surface area contributed by atoms with Crippen LogP contribution < -0.4 is 5.32 Å². The molecule has 0 aromatic heterocycles. The van der Waals surface area contributed by atoms with Crippen molar-refractivity contribution >= 4 is 0 Å². The average molecular weight is 213 g/mol. The Morgan fingerprint density at radius 3 is 2.47 bits per heavy atom. The van der Waals surface area contributed by atoms with E-state index in [0.29, 0.717) is 6.04 Å². The molecule has 1 saturated heterocycles. The highest BCUT2D eigenvalue weighted by molar-refractivity contribution is 4.84. The predicted molar refractivity (Wildman–Crippen MR) is 66.3 cm³/mol. The molecule has 1 heterocycles. The van der Waals surface area contributed by atoms with Gasteiger partial charge in [-0.2, -0.15) is 0 Å². The maximum atomic E-state index is 3.66. The smallest absolute Gasteiger partial charge is 0.0210 e. The molecule has 0 saturated carbocycles. The molecule has 1 fully saturated rings. The van der Waals surface area contributed by atoms with Crippen LogP contribution in [0.25, 0.3) is 0 Å². The Morgan fingerprint density at radius 2 is 2.00 bits per heavy atom. The predicted octanol–water partition coefficient (Wildman–Crippen LogP) is 1.01. The number of likely N-dealkylation sites (N-methyl/N-ethyl adjacent to an activating group) is 2. The Bertz CT molecular complexity index is 158. The van der Waals surface area contributed by atoms with E-state index in [1.54, 1.807) is 0 Å². The lowest BCUT2D eigenvalue weighted by Gasteiger charge is -2.20. The SMILES string of the molecule is CCN(CC)CCNC1CC(C)N(C)C1. The van der Waals surface area contributed by atoms with E-state index < -0.39 is 0 Å². The monoisotopic (exact) mass is 213 g/mol. The summed E-state index contributed by atoms with van der Waals surface area (Å²) < 4.78 is 0. The molecule has 90 valence electrons. The molecule has 3 nitrogen and oxygen atoms in total. The minimum Gasteiger partial charge on any atom is -0.311 e. The molecule has 0 spiro atoms. The van der Waals surface area contributed by atoms with E-state index in [9.17, 15) is 0 Å². The summed E-state index contributed by atoms with van der Waals surface area (Å²) in [5.41, 5.74) is 0. The first kappa shape index (κ1) is 12.9. The fourth-order valence-electron chi connectivity index (χ4n) is 2.31. The largest absolute Gasteiger partial charge is 0.311 e. The van der Waals surface area contributed by atoms with Gasteiger partial charge in [-0.05, 0) is 33.5 Å². The molecule has 1 rings (SSSR count). The van der Waals surface area contributed by atoms with Crippen molar-refractivity contribution in [1.29, 1.82) is 0 Å². The summed E-state index contributed by atoms with van der Waals surface area (Å²) >= 11 is 0. The molecule has 2 atom stereocenters. The zero-order chi connectivity index (χ0) is 11.3. The van der Waals surface area contributed by atoms with E-state index in [1.165, 1.54) is 32.6 Å². The second-order valence-electron chi connectivity index (χ2n) is 4.70. The highest BCUT2D eigenvalue weighted by Gasteiger charge is 2.25. The summed E-state index contributed by atoms with van der Waals surface area (Å²) in [6.45, 7) is 12.6. The standard InChI is InChI=1S/C12H27N3/c1-5-15(6-2)8-7-13-12-9-11(3)14(4)10-12/h11-13H,5-10H2,1-4H3. The summed E-state index contributed by atoms with van der Waals surface area (Å²) in [5.74, 6) is 0. The van der Waals surface area contributed by atoms with Crippen molar-refractivity contribution in [2.75, 3.05) is 39.8 Å². The summed E-state index contributed by atoms with van der Waals surface area (Å²) in [5, 5.41) is 3.66. The van der Waals surface area contributed by atoms with E-state index in [0.717, 1.165) is 12.6 Å². The molecule has 0 amide bonds. The van der Waals surface area contributed by atoms with Gasteiger partial charge in [0, 0.05) is 31.7 Å². The van der Waals surface area contributed by atoms with Crippen molar-refractivity contribution in [3.8, 4) is 0 Å². The fraction of sp³-hybridized carbons (Fsp3) is 1.00. The average Bonchev–Trinajstić information content (AvgIpc) is 2.53. The van der Waals surface area contributed by atoms with Crippen LogP contribution in [0.2, 0.25) is 0 Å². The first-order valence-corrected chi connectivity index (χ1v) is 6.33. The van der Waals surface area contributed by atoms with Gasteiger partial charge in [0.05, 0.1) is 0 Å². The molecular formula is C12H27N3. The molecule has 1 aliphatic rings. The van der Waals surface area contributed by atoms with Crippen molar-refractivity contribution in [2.24, 2.45) is 0 Å². The van der Waals surface area contributed by atoms with Gasteiger partial charge in [0.25, 0.3) is 0 Å². The van der Waals surface area contributed by atoms with Gasteiger partial charge >= 0.3 is 0 Å². The fourth-order valence-corrected chi connectivity index (χ4v) is 2.31. The molecule has 0 radical (unpaired) electrons. The first-order chi connectivity index (χ1) is 7.17. The molecule has 1 N–H and O–H groups in total. The second-order valence-corrected chi connectivity index (χ2v) is 4.70. The number of hydrogen-bond donors (Lipinski definition) is 1. The van der Waals surface area contributed by atoms with Gasteiger partial charge in [-0.25, -0.2) is 0 Å². The van der Waals surface area contributed by atoms with Gasteiger partial charge in [-0.1, -0.05) is 13.8 Å². The first-order valence-electron chi connectivity index (χ1n) is 6.33. The van der Waals surface area contributed by atoms with Crippen LogP contribution in [0.1, 0.15) is 27.2 Å². The van der Waals surface area contributed by atoms with Gasteiger partial charge in [0.15, 0.2) is 0 Å². The molecule has 0 aromatic rings. The molecule has 2 unspecified atom stereocenters. The summed E-state index contributed by atoms with van der Waals surface area (Å²) in [4.78, 5) is 4.91. The lowest BCUT2D eigenvalue weighted by Crippen LogP contribution is -2.38. The Balaban J connectivity index is 2.10. The lowest BCUT2D eigenvalue weighted by molar-refractivity contribution is 0.294. The minimum absolute atomic E-state index is 0.709. The third kappa shape index (κ3) is 4.09. The Hall–Kier alpha value is -0.120. The summed E-state index contributed by atoms with van der Waals surface area (Å²) in [7, 11) is 2.22. The van der Waals surface area contributed by atoms with Gasteiger partial charge in [-0.3, -0.25) is 0 Å². The van der Waals surface area contributed by atoms with Crippen LogP contribution in [-0.2, 0) is 0 Å². The van der Waals surface area contributed by atoms with Crippen LogP contribution in [-0.4, -0.2) is 61.7 Å². The zero-order valence-electron chi connectivity index (χ0n) is 10.8. The van der Waals surface area contributed by atoms with E-state index in [1.807, 2.05) is 0 Å². The Labute approximate surface area is 94.8 Å². The molecular weight excluding hydrogens is 186 g/mol. The van der Waals surface area contributed by atoms with Crippen molar-refractivity contribution < 1.29 is 0 Å². The topological polar surface area (TPSA) is 18.5 Å². The van der Waals surface area contributed by atoms with Crippen molar-refractivity contribution in [2.45, 2.75) is 39.3 Å². The number of rotatable bonds is 6. The van der Waals surface area contributed by atoms with Crippen molar-refractivity contribution in [1.82, 2.24) is 15.1 Å². The van der Waals surface area contributed by atoms with Gasteiger partial charge in [0.2, 0.25) is 0 Å². The minimum atomic E-state index is 0.709. The van der Waals surface area contributed by atoms with Gasteiger partial charge in [0.1, 0.15) is 0 Å². The highest BCUT2D eigenvalue weighted by atomic mass is 15.2. The quantitative estimate of drug-likeness (QED) is 0.710. The Kier molecular flexibility index (Phi) is 5.58. The number of nitrogens with zero attached hydrogens (tertiary/aromatic N) is 2. The second kappa shape index (κ2) is 6.46. The third-order valence-corrected chi connectivity index (χ3v) is 3.64. The van der Waals surface area contributed by atoms with E-state index in [2.05, 4.69) is 42.9 Å². The molecule has 0 aliphatic carbocycles. The molecule has 1 aliphatic heterocycles. The van der Waals surface area contributed by atoms with E-state index >= 15 is 0 Å². The van der Waals surface area contributed by atoms with Gasteiger partial charge < -0.3 is 15.1 Å². The van der Waals surface area contributed by atoms with Crippen LogP contribution in [0.3, 0.4) is 0 Å². The summed E-state index contributed by atoms with van der Waals surface area (Å²) in [6, 6.07) is 1.46.